The third-order valence-corrected chi connectivity index (χ3v) is 3.90. The quantitative estimate of drug-likeness (QED) is 0.666. The lowest BCUT2D eigenvalue weighted by atomic mass is 10.3. The molecular weight excluding hydrogens is 262 g/mol. The molecule has 0 fully saturated rings. The van der Waals surface area contributed by atoms with Crippen LogP contribution in [0.4, 0.5) is 5.13 Å². The van der Waals surface area contributed by atoms with E-state index in [1.807, 2.05) is 14.0 Å². The fraction of sp³-hybridized carbons (Fsp3) is 0.769. The minimum absolute atomic E-state index is 0.566. The molecule has 1 aromatic rings. The second-order valence-corrected chi connectivity index (χ2v) is 5.26. The molecule has 1 N–H and O–H groups in total. The maximum atomic E-state index is 5.37. The predicted octanol–water partition coefficient (Wildman–Crippen LogP) is 1.87. The predicted molar refractivity (Wildman–Crippen MR) is 80.0 cm³/mol. The summed E-state index contributed by atoms with van der Waals surface area (Å²) >= 11 is 1.72. The van der Waals surface area contributed by atoms with E-state index in [4.69, 9.17) is 9.47 Å². The van der Waals surface area contributed by atoms with E-state index in [9.17, 15) is 0 Å². The standard InChI is InChI=1S/C13H25N3O2S/c1-5-14-9-12-11(10-17-4)15-13(19-12)16(3)7-8-18-6-2/h14H,5-10H2,1-4H3. The van der Waals surface area contributed by atoms with Crippen LogP contribution in [-0.4, -0.2) is 45.4 Å². The molecule has 0 aliphatic rings. The smallest absolute Gasteiger partial charge is 0.185 e. The zero-order valence-corrected chi connectivity index (χ0v) is 13.2. The Bertz CT molecular complexity index is 358. The molecule has 0 aliphatic heterocycles. The third kappa shape index (κ3) is 5.44. The average molecular weight is 287 g/mol. The zero-order valence-electron chi connectivity index (χ0n) is 12.4. The van der Waals surface area contributed by atoms with Crippen LogP contribution < -0.4 is 10.2 Å². The Morgan fingerprint density at radius 1 is 1.37 bits per heavy atom. The van der Waals surface area contributed by atoms with Crippen LogP contribution in [0.1, 0.15) is 24.4 Å². The summed E-state index contributed by atoms with van der Waals surface area (Å²) in [5, 5.41) is 4.37. The Morgan fingerprint density at radius 3 is 2.79 bits per heavy atom. The Morgan fingerprint density at radius 2 is 2.16 bits per heavy atom. The van der Waals surface area contributed by atoms with Crippen molar-refractivity contribution in [2.24, 2.45) is 0 Å². The molecule has 0 radical (unpaired) electrons. The summed E-state index contributed by atoms with van der Waals surface area (Å²) in [5.74, 6) is 0. The second-order valence-electron chi connectivity index (χ2n) is 4.20. The minimum atomic E-state index is 0.566. The SMILES string of the molecule is CCNCc1sc(N(C)CCOCC)nc1COC. The number of hydrogen-bond donors (Lipinski definition) is 1. The molecular formula is C13H25N3O2S. The first-order chi connectivity index (χ1) is 9.22. The highest BCUT2D eigenvalue weighted by Gasteiger charge is 2.13. The van der Waals surface area contributed by atoms with Gasteiger partial charge in [-0.15, -0.1) is 11.3 Å². The van der Waals surface area contributed by atoms with E-state index in [2.05, 4.69) is 22.1 Å². The maximum absolute atomic E-state index is 5.37. The van der Waals surface area contributed by atoms with Gasteiger partial charge in [-0.25, -0.2) is 4.98 Å². The highest BCUT2D eigenvalue weighted by molar-refractivity contribution is 7.15. The molecule has 1 aromatic heterocycles. The van der Waals surface area contributed by atoms with E-state index >= 15 is 0 Å². The average Bonchev–Trinajstić information content (AvgIpc) is 2.80. The van der Waals surface area contributed by atoms with Gasteiger partial charge in [-0.2, -0.15) is 0 Å². The van der Waals surface area contributed by atoms with Crippen molar-refractivity contribution >= 4 is 16.5 Å². The van der Waals surface area contributed by atoms with Crippen LogP contribution in [0.15, 0.2) is 0 Å². The molecule has 0 spiro atoms. The first kappa shape index (κ1) is 16.4. The van der Waals surface area contributed by atoms with Gasteiger partial charge >= 0.3 is 0 Å². The maximum Gasteiger partial charge on any atom is 0.185 e. The van der Waals surface area contributed by atoms with Gasteiger partial charge in [-0.05, 0) is 13.5 Å². The fourth-order valence-electron chi connectivity index (χ4n) is 1.60. The highest BCUT2D eigenvalue weighted by atomic mass is 32.1. The number of methoxy groups -OCH3 is 1. The lowest BCUT2D eigenvalue weighted by Crippen LogP contribution is -2.22. The highest BCUT2D eigenvalue weighted by Crippen LogP contribution is 2.26. The van der Waals surface area contributed by atoms with Crippen LogP contribution in [0.2, 0.25) is 0 Å². The lowest BCUT2D eigenvalue weighted by molar-refractivity contribution is 0.154. The van der Waals surface area contributed by atoms with Gasteiger partial charge in [0.25, 0.3) is 0 Å². The molecule has 5 nitrogen and oxygen atoms in total. The van der Waals surface area contributed by atoms with Crippen LogP contribution >= 0.6 is 11.3 Å². The number of ether oxygens (including phenoxy) is 2. The number of rotatable bonds is 10. The van der Waals surface area contributed by atoms with Gasteiger partial charge in [0.2, 0.25) is 0 Å². The van der Waals surface area contributed by atoms with Gasteiger partial charge in [0.15, 0.2) is 5.13 Å². The molecule has 0 bridgehead atoms. The molecule has 19 heavy (non-hydrogen) atoms. The summed E-state index contributed by atoms with van der Waals surface area (Å²) in [7, 11) is 3.75. The van der Waals surface area contributed by atoms with Crippen LogP contribution in [-0.2, 0) is 22.6 Å². The number of aromatic nitrogens is 1. The van der Waals surface area contributed by atoms with Gasteiger partial charge in [-0.3, -0.25) is 0 Å². The third-order valence-electron chi connectivity index (χ3n) is 2.69. The molecule has 0 unspecified atom stereocenters. The number of hydrogen-bond acceptors (Lipinski definition) is 6. The summed E-state index contributed by atoms with van der Waals surface area (Å²) in [5.41, 5.74) is 1.03. The van der Waals surface area contributed by atoms with E-state index in [1.54, 1.807) is 18.4 Å². The molecule has 1 heterocycles. The number of nitrogens with zero attached hydrogens (tertiary/aromatic N) is 2. The first-order valence-electron chi connectivity index (χ1n) is 6.70. The monoisotopic (exact) mass is 287 g/mol. The van der Waals surface area contributed by atoms with Crippen molar-refractivity contribution < 1.29 is 9.47 Å². The summed E-state index contributed by atoms with van der Waals surface area (Å²) in [6.07, 6.45) is 0. The van der Waals surface area contributed by atoms with Gasteiger partial charge in [-0.1, -0.05) is 6.92 Å². The van der Waals surface area contributed by atoms with Crippen LogP contribution in [0.5, 0.6) is 0 Å². The molecule has 0 amide bonds. The zero-order chi connectivity index (χ0) is 14.1. The van der Waals surface area contributed by atoms with Crippen molar-refractivity contribution in [3.63, 3.8) is 0 Å². The molecule has 0 atom stereocenters. The van der Waals surface area contributed by atoms with Gasteiger partial charge < -0.3 is 19.7 Å². The molecule has 0 saturated heterocycles. The Balaban J connectivity index is 2.66. The second kappa shape index (κ2) is 9.25. The van der Waals surface area contributed by atoms with Crippen molar-refractivity contribution in [2.45, 2.75) is 27.0 Å². The van der Waals surface area contributed by atoms with Crippen molar-refractivity contribution in [2.75, 3.05) is 45.4 Å². The van der Waals surface area contributed by atoms with Crippen molar-refractivity contribution in [3.8, 4) is 0 Å². The van der Waals surface area contributed by atoms with Crippen molar-refractivity contribution in [3.05, 3.63) is 10.6 Å². The van der Waals surface area contributed by atoms with Crippen LogP contribution in [0, 0.1) is 0 Å². The number of thiazole rings is 1. The number of anilines is 1. The van der Waals surface area contributed by atoms with Crippen LogP contribution in [0.3, 0.4) is 0 Å². The van der Waals surface area contributed by atoms with Crippen molar-refractivity contribution in [1.82, 2.24) is 10.3 Å². The summed E-state index contributed by atoms with van der Waals surface area (Å²) in [6.45, 7) is 8.83. The van der Waals surface area contributed by atoms with Gasteiger partial charge in [0, 0.05) is 38.7 Å². The first-order valence-corrected chi connectivity index (χ1v) is 7.51. The van der Waals surface area contributed by atoms with Crippen molar-refractivity contribution in [1.29, 1.82) is 0 Å². The Kier molecular flexibility index (Phi) is 7.97. The Hall–Kier alpha value is -0.690. The topological polar surface area (TPSA) is 46.6 Å². The molecule has 110 valence electrons. The molecule has 1 rings (SSSR count). The van der Waals surface area contributed by atoms with E-state index in [0.29, 0.717) is 6.61 Å². The summed E-state index contributed by atoms with van der Waals surface area (Å²) in [6, 6.07) is 0. The summed E-state index contributed by atoms with van der Waals surface area (Å²) in [4.78, 5) is 8.04. The van der Waals surface area contributed by atoms with E-state index in [0.717, 1.165) is 43.7 Å². The Labute approximate surface area is 119 Å². The normalized spacial score (nSPS) is 10.9. The number of nitrogens with one attached hydrogen (secondary N) is 1. The van der Waals surface area contributed by atoms with E-state index in [1.165, 1.54) is 4.88 Å². The molecule has 0 aliphatic carbocycles. The van der Waals surface area contributed by atoms with E-state index in [-0.39, 0.29) is 0 Å². The van der Waals surface area contributed by atoms with Gasteiger partial charge in [0.1, 0.15) is 0 Å². The minimum Gasteiger partial charge on any atom is -0.380 e. The van der Waals surface area contributed by atoms with Gasteiger partial charge in [0.05, 0.1) is 18.9 Å². The molecule has 0 aromatic carbocycles. The fourth-order valence-corrected chi connectivity index (χ4v) is 2.62. The lowest BCUT2D eigenvalue weighted by Gasteiger charge is -2.15. The number of likely N-dealkylation sites (N-methyl/N-ethyl adjacent to an activating group) is 1. The largest absolute Gasteiger partial charge is 0.380 e. The summed E-state index contributed by atoms with van der Waals surface area (Å²) < 4.78 is 10.6. The molecule has 0 saturated carbocycles. The molecule has 6 heteroatoms. The van der Waals surface area contributed by atoms with Crippen LogP contribution in [0.25, 0.3) is 0 Å². The van der Waals surface area contributed by atoms with E-state index < -0.39 is 0 Å².